The van der Waals surface area contributed by atoms with Gasteiger partial charge in [-0.2, -0.15) is 0 Å². The summed E-state index contributed by atoms with van der Waals surface area (Å²) in [6.45, 7) is 13.1. The standard InChI is InChI=1S/C40H46N2O5/c1-24-27-11-12-31-38(4,28(27)20-30(43)34(24)45)16-18-40(6)32-21-37(3,14-13-36(32,2)15-17-39(31,40)5)35(46)47-23-33(44)42-26-19-25-9-7-8-10-29(25)41-22-26/h7-12,19-20,22,32,45H,13-18,21,23H2,1-6H3,(H,42,44)/t32-,36-,37-,38+,39-,40+/m1/s1. The van der Waals surface area contributed by atoms with Crippen LogP contribution in [0.2, 0.25) is 0 Å². The molecular formula is C40H46N2O5. The lowest BCUT2D eigenvalue weighted by molar-refractivity contribution is -0.182. The molecule has 1 heterocycles. The number of hydrogen-bond donors (Lipinski definition) is 2. The van der Waals surface area contributed by atoms with Crippen LogP contribution in [0.25, 0.3) is 10.9 Å². The maximum Gasteiger partial charge on any atom is 0.312 e. The second kappa shape index (κ2) is 10.5. The number of para-hydroxylation sites is 1. The van der Waals surface area contributed by atoms with E-state index in [2.05, 4.69) is 50.1 Å². The number of nitrogens with one attached hydrogen (secondary N) is 1. The molecule has 3 fully saturated rings. The van der Waals surface area contributed by atoms with E-state index in [1.165, 1.54) is 5.57 Å². The van der Waals surface area contributed by atoms with Crippen molar-refractivity contribution in [2.24, 2.45) is 33.0 Å². The van der Waals surface area contributed by atoms with Crippen LogP contribution < -0.4 is 5.32 Å². The van der Waals surface area contributed by atoms with Gasteiger partial charge in [0, 0.05) is 16.4 Å². The van der Waals surface area contributed by atoms with Gasteiger partial charge in [0.25, 0.3) is 5.91 Å². The van der Waals surface area contributed by atoms with E-state index in [1.54, 1.807) is 12.3 Å². The first kappa shape index (κ1) is 31.6. The molecule has 0 bridgehead atoms. The Morgan fingerprint density at radius 3 is 2.53 bits per heavy atom. The number of hydrogen-bond acceptors (Lipinski definition) is 6. The van der Waals surface area contributed by atoms with E-state index < -0.39 is 5.41 Å². The van der Waals surface area contributed by atoms with Gasteiger partial charge < -0.3 is 15.2 Å². The molecule has 1 aromatic carbocycles. The van der Waals surface area contributed by atoms with E-state index in [-0.39, 0.29) is 57.6 Å². The molecule has 3 saturated carbocycles. The number of pyridine rings is 1. The van der Waals surface area contributed by atoms with Gasteiger partial charge in [-0.1, -0.05) is 63.6 Å². The van der Waals surface area contributed by atoms with E-state index in [0.717, 1.165) is 60.6 Å². The molecule has 0 radical (unpaired) electrons. The fourth-order valence-electron chi connectivity index (χ4n) is 10.3. The van der Waals surface area contributed by atoms with Crippen LogP contribution in [-0.2, 0) is 19.1 Å². The summed E-state index contributed by atoms with van der Waals surface area (Å²) < 4.78 is 5.75. The number of aromatic nitrogens is 1. The Balaban J connectivity index is 1.11. The molecule has 7 nitrogen and oxygen atoms in total. The summed E-state index contributed by atoms with van der Waals surface area (Å²) in [6, 6.07) is 9.57. The number of amides is 1. The van der Waals surface area contributed by atoms with Crippen molar-refractivity contribution in [3.8, 4) is 0 Å². The number of carbonyl (C=O) groups is 3. The molecule has 246 valence electrons. The van der Waals surface area contributed by atoms with Crippen LogP contribution in [0.4, 0.5) is 5.69 Å². The molecule has 2 N–H and O–H groups in total. The molecule has 7 rings (SSSR count). The zero-order valence-electron chi connectivity index (χ0n) is 28.5. The minimum Gasteiger partial charge on any atom is -0.504 e. The van der Waals surface area contributed by atoms with Crippen LogP contribution in [0.1, 0.15) is 86.5 Å². The molecule has 1 amide bonds. The Labute approximate surface area is 277 Å². The van der Waals surface area contributed by atoms with Gasteiger partial charge in [-0.3, -0.25) is 19.4 Å². The summed E-state index contributed by atoms with van der Waals surface area (Å²) >= 11 is 0. The predicted octanol–water partition coefficient (Wildman–Crippen LogP) is 8.34. The normalized spacial score (nSPS) is 36.2. The van der Waals surface area contributed by atoms with Crippen LogP contribution in [0.3, 0.4) is 0 Å². The van der Waals surface area contributed by atoms with Crippen LogP contribution >= 0.6 is 0 Å². The summed E-state index contributed by atoms with van der Waals surface area (Å²) in [7, 11) is 0. The quantitative estimate of drug-likeness (QED) is 0.328. The number of esters is 1. The summed E-state index contributed by atoms with van der Waals surface area (Å²) in [6.07, 6.45) is 14.0. The molecule has 2 aromatic rings. The second-order valence-corrected chi connectivity index (χ2v) is 16.2. The van der Waals surface area contributed by atoms with E-state index in [9.17, 15) is 19.5 Å². The lowest BCUT2D eigenvalue weighted by Gasteiger charge is -2.70. The number of aliphatic hydroxyl groups is 1. The van der Waals surface area contributed by atoms with Gasteiger partial charge in [-0.15, -0.1) is 0 Å². The lowest BCUT2D eigenvalue weighted by atomic mass is 9.34. The Morgan fingerprint density at radius 2 is 1.74 bits per heavy atom. The van der Waals surface area contributed by atoms with Crippen LogP contribution in [0, 0.1) is 33.0 Å². The third-order valence-corrected chi connectivity index (χ3v) is 13.6. The fourth-order valence-corrected chi connectivity index (χ4v) is 10.3. The molecule has 1 aromatic heterocycles. The largest absolute Gasteiger partial charge is 0.504 e. The SMILES string of the molecule is CC1=C(O)C(=O)C=C2C1=CC=C1[C@@]2(C)CC[C@@]2(C)[C@@H]3C[C@](C)(C(=O)OCC(=O)Nc4cnc5ccccc5c4)CC[C@]3(C)CC[C@]12C. The van der Waals surface area contributed by atoms with Gasteiger partial charge >= 0.3 is 5.97 Å². The van der Waals surface area contributed by atoms with Crippen molar-refractivity contribution >= 4 is 34.3 Å². The van der Waals surface area contributed by atoms with Gasteiger partial charge in [-0.25, -0.2) is 0 Å². The van der Waals surface area contributed by atoms with Crippen LogP contribution in [0.15, 0.2) is 82.8 Å². The van der Waals surface area contributed by atoms with E-state index in [4.69, 9.17) is 4.74 Å². The summed E-state index contributed by atoms with van der Waals surface area (Å²) in [4.78, 5) is 43.9. The number of ketones is 1. The maximum absolute atomic E-state index is 13.8. The summed E-state index contributed by atoms with van der Waals surface area (Å²) in [5, 5.41) is 14.2. The smallest absolute Gasteiger partial charge is 0.312 e. The average Bonchev–Trinajstić information content (AvgIpc) is 3.05. The minimum atomic E-state index is -0.692. The molecule has 0 spiro atoms. The molecule has 0 saturated heterocycles. The molecule has 0 aliphatic heterocycles. The zero-order chi connectivity index (χ0) is 33.6. The van der Waals surface area contributed by atoms with E-state index >= 15 is 0 Å². The first-order chi connectivity index (χ1) is 22.1. The van der Waals surface area contributed by atoms with Gasteiger partial charge in [0.05, 0.1) is 22.8 Å². The number of allylic oxidation sites excluding steroid dienone is 7. The monoisotopic (exact) mass is 634 g/mol. The van der Waals surface area contributed by atoms with Crippen molar-refractivity contribution in [2.75, 3.05) is 11.9 Å². The van der Waals surface area contributed by atoms with Crippen molar-refractivity contribution in [3.63, 3.8) is 0 Å². The van der Waals surface area contributed by atoms with Crippen molar-refractivity contribution in [3.05, 3.63) is 82.8 Å². The number of rotatable bonds is 4. The minimum absolute atomic E-state index is 0.0780. The number of anilines is 1. The molecule has 5 aliphatic carbocycles. The highest BCUT2D eigenvalue weighted by molar-refractivity contribution is 6.06. The van der Waals surface area contributed by atoms with Gasteiger partial charge in [0.2, 0.25) is 5.78 Å². The number of nitrogens with zero attached hydrogens (tertiary/aromatic N) is 1. The number of aliphatic hydroxyl groups excluding tert-OH is 1. The second-order valence-electron chi connectivity index (χ2n) is 16.2. The van der Waals surface area contributed by atoms with Crippen LogP contribution in [-0.4, -0.2) is 34.4 Å². The third kappa shape index (κ3) is 4.59. The predicted molar refractivity (Wildman–Crippen MR) is 182 cm³/mol. The van der Waals surface area contributed by atoms with Gasteiger partial charge in [0.15, 0.2) is 12.4 Å². The third-order valence-electron chi connectivity index (χ3n) is 13.6. The maximum atomic E-state index is 13.8. The topological polar surface area (TPSA) is 106 Å². The number of ether oxygens (including phenoxy) is 1. The Morgan fingerprint density at radius 1 is 1.00 bits per heavy atom. The number of carbonyl (C=O) groups excluding carboxylic acids is 3. The Hall–Kier alpha value is -4.00. The molecule has 7 heteroatoms. The van der Waals surface area contributed by atoms with Gasteiger partial charge in [0.1, 0.15) is 0 Å². The summed E-state index contributed by atoms with van der Waals surface area (Å²) in [5.74, 6) is -0.872. The number of benzene rings is 1. The van der Waals surface area contributed by atoms with Crippen molar-refractivity contribution in [1.82, 2.24) is 4.98 Å². The van der Waals surface area contributed by atoms with Crippen molar-refractivity contribution < 1.29 is 24.2 Å². The van der Waals surface area contributed by atoms with Crippen LogP contribution in [0.5, 0.6) is 0 Å². The number of fused-ring (bicyclic) bond motifs is 8. The first-order valence-electron chi connectivity index (χ1n) is 17.1. The molecule has 0 unspecified atom stereocenters. The highest BCUT2D eigenvalue weighted by Crippen LogP contribution is 2.75. The molecular weight excluding hydrogens is 588 g/mol. The van der Waals surface area contributed by atoms with Gasteiger partial charge in [-0.05, 0) is 110 Å². The summed E-state index contributed by atoms with van der Waals surface area (Å²) in [5.41, 5.74) is 4.33. The molecule has 6 atom stereocenters. The van der Waals surface area contributed by atoms with Crippen molar-refractivity contribution in [1.29, 1.82) is 0 Å². The Bertz CT molecular complexity index is 1870. The van der Waals surface area contributed by atoms with E-state index in [0.29, 0.717) is 17.7 Å². The average molecular weight is 635 g/mol. The molecule has 47 heavy (non-hydrogen) atoms. The molecule has 5 aliphatic rings. The highest BCUT2D eigenvalue weighted by Gasteiger charge is 2.67. The first-order valence-corrected chi connectivity index (χ1v) is 17.1. The highest BCUT2D eigenvalue weighted by atomic mass is 16.5. The Kier molecular flexibility index (Phi) is 7.06. The van der Waals surface area contributed by atoms with Crippen molar-refractivity contribution in [2.45, 2.75) is 86.5 Å². The van der Waals surface area contributed by atoms with E-state index in [1.807, 2.05) is 44.2 Å². The lowest BCUT2D eigenvalue weighted by Crippen LogP contribution is -2.62. The fraction of sp³-hybridized carbons (Fsp3) is 0.500. The zero-order valence-corrected chi connectivity index (χ0v) is 28.5.